The van der Waals surface area contributed by atoms with Crippen LogP contribution >= 0.6 is 0 Å². The molecule has 9 nitrogen and oxygen atoms in total. The Balaban J connectivity index is 1.43. The van der Waals surface area contributed by atoms with Crippen molar-refractivity contribution in [1.82, 2.24) is 24.5 Å². The smallest absolute Gasteiger partial charge is 0.248 e. The molecule has 1 N–H and O–H groups in total. The number of sulfonamides is 1. The number of aryl methyl sites for hydroxylation is 1. The molecule has 0 saturated carbocycles. The van der Waals surface area contributed by atoms with Crippen LogP contribution in [0.1, 0.15) is 37.1 Å². The minimum atomic E-state index is -3.53. The highest BCUT2D eigenvalue weighted by molar-refractivity contribution is 7.89. The summed E-state index contributed by atoms with van der Waals surface area (Å²) in [5.41, 5.74) is 1.13. The number of nitrogens with zero attached hydrogens (tertiary/aromatic N) is 5. The number of anilines is 1. The molecule has 4 rings (SSSR count). The molecule has 0 bridgehead atoms. The molecule has 0 spiro atoms. The van der Waals surface area contributed by atoms with E-state index in [9.17, 15) is 17.6 Å². The lowest BCUT2D eigenvalue weighted by molar-refractivity contribution is -0.111. The van der Waals surface area contributed by atoms with Crippen LogP contribution in [-0.2, 0) is 14.8 Å². The fourth-order valence-corrected chi connectivity index (χ4v) is 5.26. The van der Waals surface area contributed by atoms with Crippen molar-refractivity contribution in [2.24, 2.45) is 0 Å². The molecule has 2 heterocycles. The molecule has 2 aromatic carbocycles. The summed E-state index contributed by atoms with van der Waals surface area (Å²) in [5, 5.41) is 13.7. The lowest BCUT2D eigenvalue weighted by atomic mass is 10.2. The van der Waals surface area contributed by atoms with Gasteiger partial charge in [-0.1, -0.05) is 25.0 Å². The summed E-state index contributed by atoms with van der Waals surface area (Å²) in [6.07, 6.45) is 6.62. The predicted octanol–water partition coefficient (Wildman–Crippen LogP) is 3.33. The molecule has 1 aliphatic rings. The van der Waals surface area contributed by atoms with Crippen LogP contribution < -0.4 is 5.32 Å². The average Bonchev–Trinajstić information content (AvgIpc) is 3.07. The van der Waals surface area contributed by atoms with Gasteiger partial charge in [-0.15, -0.1) is 5.10 Å². The van der Waals surface area contributed by atoms with Crippen LogP contribution in [0.5, 0.6) is 0 Å². The highest BCUT2D eigenvalue weighted by atomic mass is 32.2. The maximum Gasteiger partial charge on any atom is 0.248 e. The van der Waals surface area contributed by atoms with Gasteiger partial charge >= 0.3 is 0 Å². The van der Waals surface area contributed by atoms with Crippen molar-refractivity contribution in [2.45, 2.75) is 37.5 Å². The van der Waals surface area contributed by atoms with Gasteiger partial charge in [0.15, 0.2) is 5.82 Å². The van der Waals surface area contributed by atoms with Crippen molar-refractivity contribution >= 4 is 27.7 Å². The zero-order valence-corrected chi connectivity index (χ0v) is 19.5. The summed E-state index contributed by atoms with van der Waals surface area (Å²) >= 11 is 0. The Hall–Kier alpha value is -3.44. The fourth-order valence-electron chi connectivity index (χ4n) is 3.74. The molecule has 1 amide bonds. The summed E-state index contributed by atoms with van der Waals surface area (Å²) in [5.74, 6) is -0.616. The van der Waals surface area contributed by atoms with Crippen molar-refractivity contribution in [3.8, 4) is 5.69 Å². The second kappa shape index (κ2) is 10.2. The molecule has 0 unspecified atom stereocenters. The Morgan fingerprint density at radius 3 is 2.41 bits per heavy atom. The molecule has 34 heavy (non-hydrogen) atoms. The minimum absolute atomic E-state index is 0.0130. The molecule has 0 atom stereocenters. The topological polar surface area (TPSA) is 110 Å². The number of benzene rings is 2. The van der Waals surface area contributed by atoms with E-state index in [0.717, 1.165) is 25.7 Å². The standard InChI is InChI=1S/C23H25FN6O3S/c1-17-26-27-28-30(17)19-9-12-21(24)22(16-19)25-23(31)13-8-18-6-10-20(11-7-18)34(32,33)29-14-4-2-3-5-15-29/h6-13,16H,2-5,14-15H2,1H3,(H,25,31)/b13-8+. The van der Waals surface area contributed by atoms with Gasteiger partial charge in [-0.05, 0) is 72.2 Å². The van der Waals surface area contributed by atoms with E-state index >= 15 is 0 Å². The number of halogens is 1. The van der Waals surface area contributed by atoms with Crippen molar-refractivity contribution in [3.63, 3.8) is 0 Å². The zero-order chi connectivity index (χ0) is 24.1. The fraction of sp³-hybridized carbons (Fsp3) is 0.304. The van der Waals surface area contributed by atoms with Crippen LogP contribution in [0.15, 0.2) is 53.4 Å². The number of nitrogens with one attached hydrogen (secondary N) is 1. The van der Waals surface area contributed by atoms with Crippen LogP contribution in [0.3, 0.4) is 0 Å². The molecule has 1 saturated heterocycles. The Bertz CT molecular complexity index is 1300. The van der Waals surface area contributed by atoms with Gasteiger partial charge < -0.3 is 5.32 Å². The monoisotopic (exact) mass is 484 g/mol. The maximum absolute atomic E-state index is 14.2. The van der Waals surface area contributed by atoms with E-state index in [1.165, 1.54) is 51.5 Å². The number of aromatic nitrogens is 4. The van der Waals surface area contributed by atoms with Crippen LogP contribution in [0.25, 0.3) is 11.8 Å². The van der Waals surface area contributed by atoms with Crippen LogP contribution in [0.2, 0.25) is 0 Å². The first kappa shape index (κ1) is 23.7. The van der Waals surface area contributed by atoms with Crippen molar-refractivity contribution in [3.05, 3.63) is 65.7 Å². The van der Waals surface area contributed by atoms with Crippen molar-refractivity contribution < 1.29 is 17.6 Å². The Morgan fingerprint density at radius 1 is 1.06 bits per heavy atom. The van der Waals surface area contributed by atoms with Crippen LogP contribution in [0, 0.1) is 12.7 Å². The molecule has 178 valence electrons. The predicted molar refractivity (Wildman–Crippen MR) is 125 cm³/mol. The summed E-state index contributed by atoms with van der Waals surface area (Å²) in [7, 11) is -3.53. The van der Waals surface area contributed by atoms with Crippen molar-refractivity contribution in [1.29, 1.82) is 0 Å². The van der Waals surface area contributed by atoms with E-state index in [1.54, 1.807) is 19.1 Å². The Kier molecular flexibility index (Phi) is 7.13. The number of tetrazole rings is 1. The molecule has 3 aromatic rings. The molecular formula is C23H25FN6O3S. The van der Waals surface area contributed by atoms with Crippen LogP contribution in [-0.4, -0.2) is 51.9 Å². The first-order valence-electron chi connectivity index (χ1n) is 11.0. The maximum atomic E-state index is 14.2. The molecule has 11 heteroatoms. The van der Waals surface area contributed by atoms with E-state index in [-0.39, 0.29) is 10.6 Å². The SMILES string of the molecule is Cc1nnnn1-c1ccc(F)c(NC(=O)/C=C/c2ccc(S(=O)(=O)N3CCCCCC3)cc2)c1. The molecule has 1 aliphatic heterocycles. The molecule has 1 fully saturated rings. The second-order valence-electron chi connectivity index (χ2n) is 8.01. The highest BCUT2D eigenvalue weighted by Crippen LogP contribution is 2.22. The second-order valence-corrected chi connectivity index (χ2v) is 9.95. The minimum Gasteiger partial charge on any atom is -0.320 e. The van der Waals surface area contributed by atoms with Crippen LogP contribution in [0.4, 0.5) is 10.1 Å². The third-order valence-corrected chi connectivity index (χ3v) is 7.50. The van der Waals surface area contributed by atoms with Gasteiger partial charge in [0.25, 0.3) is 0 Å². The zero-order valence-electron chi connectivity index (χ0n) is 18.7. The van der Waals surface area contributed by atoms with Gasteiger partial charge in [0, 0.05) is 19.2 Å². The van der Waals surface area contributed by atoms with E-state index in [4.69, 9.17) is 0 Å². The molecule has 0 aliphatic carbocycles. The first-order chi connectivity index (χ1) is 16.3. The summed E-state index contributed by atoms with van der Waals surface area (Å²) in [6.45, 7) is 2.78. The van der Waals surface area contributed by atoms with E-state index in [0.29, 0.717) is 30.2 Å². The van der Waals surface area contributed by atoms with Gasteiger partial charge in [0.05, 0.1) is 16.3 Å². The molecule has 1 aromatic heterocycles. The number of amides is 1. The Labute approximate surface area is 197 Å². The number of rotatable bonds is 6. The first-order valence-corrected chi connectivity index (χ1v) is 12.4. The number of hydrogen-bond donors (Lipinski definition) is 1. The Morgan fingerprint density at radius 2 is 1.76 bits per heavy atom. The van der Waals surface area contributed by atoms with Crippen molar-refractivity contribution in [2.75, 3.05) is 18.4 Å². The quantitative estimate of drug-likeness (QED) is 0.538. The molecule has 0 radical (unpaired) electrons. The third kappa shape index (κ3) is 5.37. The van der Waals surface area contributed by atoms with E-state index in [2.05, 4.69) is 20.8 Å². The summed E-state index contributed by atoms with van der Waals surface area (Å²) in [4.78, 5) is 12.6. The average molecular weight is 485 g/mol. The molecular weight excluding hydrogens is 459 g/mol. The van der Waals surface area contributed by atoms with Gasteiger partial charge in [-0.3, -0.25) is 4.79 Å². The van der Waals surface area contributed by atoms with Gasteiger partial charge in [-0.2, -0.15) is 8.99 Å². The lowest BCUT2D eigenvalue weighted by Gasteiger charge is -2.19. The number of carbonyl (C=O) groups excluding carboxylic acids is 1. The van der Waals surface area contributed by atoms with Gasteiger partial charge in [0.2, 0.25) is 15.9 Å². The number of carbonyl (C=O) groups is 1. The van der Waals surface area contributed by atoms with E-state index < -0.39 is 21.7 Å². The summed E-state index contributed by atoms with van der Waals surface area (Å²) in [6, 6.07) is 10.5. The normalized spacial score (nSPS) is 15.4. The van der Waals surface area contributed by atoms with Gasteiger partial charge in [0.1, 0.15) is 5.82 Å². The number of hydrogen-bond acceptors (Lipinski definition) is 6. The largest absolute Gasteiger partial charge is 0.320 e. The lowest BCUT2D eigenvalue weighted by Crippen LogP contribution is -2.31. The highest BCUT2D eigenvalue weighted by Gasteiger charge is 2.24. The summed E-state index contributed by atoms with van der Waals surface area (Å²) < 4.78 is 42.9. The van der Waals surface area contributed by atoms with Gasteiger partial charge in [-0.25, -0.2) is 12.8 Å². The van der Waals surface area contributed by atoms with E-state index in [1.807, 2.05) is 0 Å². The third-order valence-electron chi connectivity index (χ3n) is 5.59.